The number of halogens is 1. The summed E-state index contributed by atoms with van der Waals surface area (Å²) in [7, 11) is 0. The molecule has 0 saturated heterocycles. The van der Waals surface area contributed by atoms with Gasteiger partial charge in [-0.05, 0) is 46.3 Å². The van der Waals surface area contributed by atoms with Gasteiger partial charge in [0.1, 0.15) is 5.78 Å². The lowest BCUT2D eigenvalue weighted by Gasteiger charge is -2.14. The average molecular weight is 268 g/mol. The van der Waals surface area contributed by atoms with E-state index in [-0.39, 0.29) is 0 Å². The van der Waals surface area contributed by atoms with E-state index in [0.29, 0.717) is 18.1 Å². The van der Waals surface area contributed by atoms with Crippen LogP contribution in [-0.4, -0.2) is 10.8 Å². The Kier molecular flexibility index (Phi) is 3.52. The third kappa shape index (κ3) is 2.65. The molecule has 0 aliphatic heterocycles. The van der Waals surface area contributed by atoms with Crippen molar-refractivity contribution in [1.29, 1.82) is 0 Å². The van der Waals surface area contributed by atoms with Crippen LogP contribution < -0.4 is 0 Å². The molecule has 1 fully saturated rings. The Morgan fingerprint density at radius 1 is 1.40 bits per heavy atom. The van der Waals surface area contributed by atoms with E-state index in [1.165, 1.54) is 5.56 Å². The molecule has 0 spiro atoms. The van der Waals surface area contributed by atoms with Crippen LogP contribution in [0.15, 0.2) is 22.9 Å². The zero-order valence-electron chi connectivity index (χ0n) is 8.58. The maximum Gasteiger partial charge on any atom is 0.133 e. The summed E-state index contributed by atoms with van der Waals surface area (Å²) < 4.78 is 1.03. The lowest BCUT2D eigenvalue weighted by molar-refractivity contribution is -0.119. The van der Waals surface area contributed by atoms with Crippen molar-refractivity contribution < 1.29 is 4.79 Å². The molecule has 0 N–H and O–H groups in total. The second kappa shape index (κ2) is 4.88. The average Bonchev–Trinajstić information content (AvgIpc) is 2.43. The van der Waals surface area contributed by atoms with Gasteiger partial charge in [0.25, 0.3) is 0 Å². The molecule has 15 heavy (non-hydrogen) atoms. The van der Waals surface area contributed by atoms with Gasteiger partial charge in [-0.1, -0.05) is 6.42 Å². The number of ketones is 1. The fraction of sp³-hybridized carbons (Fsp3) is 0.500. The summed E-state index contributed by atoms with van der Waals surface area (Å²) in [5.74, 6) is 0.790. The fourth-order valence-corrected chi connectivity index (χ4v) is 2.75. The topological polar surface area (TPSA) is 30.0 Å². The van der Waals surface area contributed by atoms with Gasteiger partial charge in [-0.3, -0.25) is 9.78 Å². The summed E-state index contributed by atoms with van der Waals surface area (Å²) in [4.78, 5) is 15.6. The van der Waals surface area contributed by atoms with Crippen molar-refractivity contribution in [3.63, 3.8) is 0 Å². The van der Waals surface area contributed by atoms with Crippen molar-refractivity contribution >= 4 is 21.7 Å². The van der Waals surface area contributed by atoms with Crippen LogP contribution in [0.3, 0.4) is 0 Å². The highest BCUT2D eigenvalue weighted by Crippen LogP contribution is 2.33. The first-order valence-electron chi connectivity index (χ1n) is 5.38. The minimum atomic E-state index is 0.386. The molecule has 1 heterocycles. The first kappa shape index (κ1) is 10.8. The summed E-state index contributed by atoms with van der Waals surface area (Å²) in [5.41, 5.74) is 1.24. The Hall–Kier alpha value is -0.700. The van der Waals surface area contributed by atoms with Crippen LogP contribution in [0.2, 0.25) is 0 Å². The number of hydrogen-bond donors (Lipinski definition) is 0. The molecular formula is C12H14BrNO. The molecule has 1 aliphatic rings. The van der Waals surface area contributed by atoms with Crippen LogP contribution >= 0.6 is 15.9 Å². The quantitative estimate of drug-likeness (QED) is 0.730. The van der Waals surface area contributed by atoms with E-state index < -0.39 is 0 Å². The van der Waals surface area contributed by atoms with Crippen LogP contribution in [0.25, 0.3) is 0 Å². The summed E-state index contributed by atoms with van der Waals surface area (Å²) in [6.45, 7) is 0. The van der Waals surface area contributed by atoms with Crippen LogP contribution in [0.1, 0.15) is 43.6 Å². The predicted octanol–water partition coefficient (Wildman–Crippen LogP) is 3.46. The van der Waals surface area contributed by atoms with Gasteiger partial charge in [-0.2, -0.15) is 0 Å². The van der Waals surface area contributed by atoms with Crippen LogP contribution in [0.5, 0.6) is 0 Å². The van der Waals surface area contributed by atoms with E-state index in [2.05, 4.69) is 20.9 Å². The molecule has 0 unspecified atom stereocenters. The van der Waals surface area contributed by atoms with Gasteiger partial charge in [0.05, 0.1) is 0 Å². The molecule has 2 rings (SSSR count). The Morgan fingerprint density at radius 3 is 3.07 bits per heavy atom. The number of Topliss-reactive ketones (excluding diaryl/α,β-unsaturated/α-hetero) is 1. The molecule has 1 atom stereocenters. The van der Waals surface area contributed by atoms with E-state index in [1.54, 1.807) is 6.20 Å². The SMILES string of the molecule is O=C1CCCC[C@H](c2ccncc2Br)C1. The van der Waals surface area contributed by atoms with Gasteiger partial charge in [0.2, 0.25) is 0 Å². The van der Waals surface area contributed by atoms with Crippen LogP contribution in [0.4, 0.5) is 0 Å². The van der Waals surface area contributed by atoms with Crippen molar-refractivity contribution in [2.24, 2.45) is 0 Å². The molecule has 2 nitrogen and oxygen atoms in total. The number of carbonyl (C=O) groups is 1. The minimum absolute atomic E-state index is 0.386. The Balaban J connectivity index is 2.22. The predicted molar refractivity (Wildman–Crippen MR) is 62.8 cm³/mol. The molecule has 0 amide bonds. The highest BCUT2D eigenvalue weighted by atomic mass is 79.9. The Bertz CT molecular complexity index is 364. The van der Waals surface area contributed by atoms with Crippen molar-refractivity contribution in [1.82, 2.24) is 4.98 Å². The highest BCUT2D eigenvalue weighted by molar-refractivity contribution is 9.10. The van der Waals surface area contributed by atoms with Gasteiger partial charge >= 0.3 is 0 Å². The molecule has 3 heteroatoms. The third-order valence-electron chi connectivity index (χ3n) is 2.98. The highest BCUT2D eigenvalue weighted by Gasteiger charge is 2.20. The summed E-state index contributed by atoms with van der Waals surface area (Å²) >= 11 is 3.50. The van der Waals surface area contributed by atoms with Crippen molar-refractivity contribution in [3.8, 4) is 0 Å². The van der Waals surface area contributed by atoms with Gasteiger partial charge in [0, 0.05) is 29.7 Å². The number of hydrogen-bond acceptors (Lipinski definition) is 2. The van der Waals surface area contributed by atoms with E-state index in [4.69, 9.17) is 0 Å². The van der Waals surface area contributed by atoms with Crippen molar-refractivity contribution in [2.45, 2.75) is 38.0 Å². The maximum atomic E-state index is 11.5. The number of nitrogens with zero attached hydrogens (tertiary/aromatic N) is 1. The molecular weight excluding hydrogens is 254 g/mol. The molecule has 1 aliphatic carbocycles. The second-order valence-corrected chi connectivity index (χ2v) is 4.94. The first-order valence-corrected chi connectivity index (χ1v) is 6.18. The van der Waals surface area contributed by atoms with Gasteiger partial charge in [0.15, 0.2) is 0 Å². The zero-order valence-corrected chi connectivity index (χ0v) is 10.2. The standard InChI is InChI=1S/C12H14BrNO/c13-12-8-14-6-5-11(12)9-3-1-2-4-10(15)7-9/h5-6,8-9H,1-4,7H2/t9-/m0/s1. The summed E-state index contributed by atoms with van der Waals surface area (Å²) in [6, 6.07) is 2.02. The molecule has 1 aromatic rings. The molecule has 1 saturated carbocycles. The van der Waals surface area contributed by atoms with Crippen LogP contribution in [0, 0.1) is 0 Å². The van der Waals surface area contributed by atoms with E-state index in [1.807, 2.05) is 12.3 Å². The maximum absolute atomic E-state index is 11.5. The van der Waals surface area contributed by atoms with E-state index in [9.17, 15) is 4.79 Å². The molecule has 0 bridgehead atoms. The number of aromatic nitrogens is 1. The van der Waals surface area contributed by atoms with Gasteiger partial charge < -0.3 is 0 Å². The molecule has 0 aromatic carbocycles. The normalized spacial score (nSPS) is 22.5. The van der Waals surface area contributed by atoms with E-state index >= 15 is 0 Å². The number of rotatable bonds is 1. The van der Waals surface area contributed by atoms with Crippen molar-refractivity contribution in [3.05, 3.63) is 28.5 Å². The lowest BCUT2D eigenvalue weighted by atomic mass is 9.92. The van der Waals surface area contributed by atoms with E-state index in [0.717, 1.165) is 30.2 Å². The minimum Gasteiger partial charge on any atom is -0.300 e. The Morgan fingerprint density at radius 2 is 2.27 bits per heavy atom. The Labute approximate surface area is 98.2 Å². The third-order valence-corrected chi connectivity index (χ3v) is 3.64. The molecule has 0 radical (unpaired) electrons. The number of carbonyl (C=O) groups excluding carboxylic acids is 1. The summed E-state index contributed by atoms with van der Waals surface area (Å²) in [5, 5.41) is 0. The van der Waals surface area contributed by atoms with Crippen molar-refractivity contribution in [2.75, 3.05) is 0 Å². The second-order valence-electron chi connectivity index (χ2n) is 4.08. The molecule has 1 aromatic heterocycles. The molecule has 80 valence electrons. The largest absolute Gasteiger partial charge is 0.300 e. The number of pyridine rings is 1. The first-order chi connectivity index (χ1) is 7.27. The smallest absolute Gasteiger partial charge is 0.133 e. The zero-order chi connectivity index (χ0) is 10.7. The summed E-state index contributed by atoms with van der Waals surface area (Å²) in [6.07, 6.45) is 8.40. The fourth-order valence-electron chi connectivity index (χ4n) is 2.17. The lowest BCUT2D eigenvalue weighted by Crippen LogP contribution is -2.04. The van der Waals surface area contributed by atoms with Gasteiger partial charge in [-0.25, -0.2) is 0 Å². The van der Waals surface area contributed by atoms with Crippen LogP contribution in [-0.2, 0) is 4.79 Å². The van der Waals surface area contributed by atoms with Gasteiger partial charge in [-0.15, -0.1) is 0 Å². The monoisotopic (exact) mass is 267 g/mol.